The van der Waals surface area contributed by atoms with Crippen LogP contribution in [0, 0.1) is 11.3 Å². The highest BCUT2D eigenvalue weighted by Crippen LogP contribution is 2.22. The van der Waals surface area contributed by atoms with Gasteiger partial charge >= 0.3 is 18.1 Å². The molecular weight excluding hydrogens is 459 g/mol. The molecule has 0 aliphatic carbocycles. The van der Waals surface area contributed by atoms with Crippen LogP contribution in [0.5, 0.6) is 0 Å². The minimum atomic E-state index is -4.99. The van der Waals surface area contributed by atoms with Gasteiger partial charge in [0.05, 0.1) is 28.8 Å². The number of carbonyl (C=O) groups is 3. The zero-order valence-corrected chi connectivity index (χ0v) is 17.0. The van der Waals surface area contributed by atoms with Gasteiger partial charge in [0.15, 0.2) is 5.76 Å². The van der Waals surface area contributed by atoms with Crippen LogP contribution in [0.3, 0.4) is 0 Å². The summed E-state index contributed by atoms with van der Waals surface area (Å²) in [7, 11) is 0. The summed E-state index contributed by atoms with van der Waals surface area (Å²) in [5.74, 6) is -3.72. The number of alkyl halides is 3. The highest BCUT2D eigenvalue weighted by Gasteiger charge is 2.39. The minimum Gasteiger partial charge on any atom is -0.478 e. The van der Waals surface area contributed by atoms with Gasteiger partial charge in [0.1, 0.15) is 6.07 Å². The van der Waals surface area contributed by atoms with Crippen molar-refractivity contribution in [1.29, 1.82) is 5.26 Å². The largest absolute Gasteiger partial charge is 0.478 e. The molecule has 3 rings (SSSR count). The Balaban J connectivity index is 0.000000242. The molecule has 0 fully saturated rings. The maximum Gasteiger partial charge on any atom is 0.471 e. The number of benzene rings is 2. The van der Waals surface area contributed by atoms with E-state index in [9.17, 15) is 27.6 Å². The molecule has 2 amide bonds. The van der Waals surface area contributed by atoms with Gasteiger partial charge in [0, 0.05) is 11.4 Å². The maximum atomic E-state index is 11.9. The van der Waals surface area contributed by atoms with E-state index in [-0.39, 0.29) is 33.9 Å². The zero-order valence-electron chi connectivity index (χ0n) is 17.0. The summed E-state index contributed by atoms with van der Waals surface area (Å²) < 4.78 is 40.7. The first kappa shape index (κ1) is 25.3. The number of nitrogen functional groups attached to an aromatic ring is 2. The number of carboxylic acid groups (broad SMARTS) is 1. The Kier molecular flexibility index (Phi) is 7.84. The molecule has 2 aromatic carbocycles. The first-order valence-corrected chi connectivity index (χ1v) is 9.08. The number of hydrogen-bond donors (Lipinski definition) is 5. The molecule has 7 N–H and O–H groups in total. The second-order valence-corrected chi connectivity index (χ2v) is 6.41. The van der Waals surface area contributed by atoms with E-state index >= 15 is 0 Å². The van der Waals surface area contributed by atoms with Gasteiger partial charge in [-0.2, -0.15) is 18.4 Å². The number of nitrogens with one attached hydrogen (secondary N) is 2. The molecule has 0 spiro atoms. The van der Waals surface area contributed by atoms with Gasteiger partial charge in [0.25, 0.3) is 5.91 Å². The van der Waals surface area contributed by atoms with Crippen molar-refractivity contribution in [3.05, 3.63) is 71.7 Å². The Labute approximate surface area is 189 Å². The van der Waals surface area contributed by atoms with Crippen molar-refractivity contribution in [2.75, 3.05) is 22.1 Å². The van der Waals surface area contributed by atoms with Crippen molar-refractivity contribution in [3.8, 4) is 6.07 Å². The van der Waals surface area contributed by atoms with E-state index < -0.39 is 24.0 Å². The van der Waals surface area contributed by atoms with Crippen LogP contribution in [0.4, 0.5) is 35.9 Å². The summed E-state index contributed by atoms with van der Waals surface area (Å²) in [5, 5.41) is 21.7. The standard InChI is InChI=1S/C12H10N2O4.C9H6F3N3O/c13-7-3-4-9(8(6-7)12(16)17)14-11(15)10-2-1-5-18-10;10-9(11,12)8(16)15-7-2-1-6(14)3-5(7)4-13/h1-6H,13H2,(H,14,15)(H,16,17);1-3H,14H2,(H,15,16). The predicted molar refractivity (Wildman–Crippen MR) is 115 cm³/mol. The maximum absolute atomic E-state index is 11.9. The molecule has 1 heterocycles. The molecular formula is C21H16F3N5O5. The minimum absolute atomic E-state index is 0.0742. The van der Waals surface area contributed by atoms with E-state index in [0.717, 1.165) is 6.07 Å². The van der Waals surface area contributed by atoms with Crippen LogP contribution in [0.1, 0.15) is 26.5 Å². The van der Waals surface area contributed by atoms with Gasteiger partial charge in [0.2, 0.25) is 0 Å². The smallest absolute Gasteiger partial charge is 0.471 e. The van der Waals surface area contributed by atoms with Gasteiger partial charge in [-0.05, 0) is 48.5 Å². The second kappa shape index (κ2) is 10.6. The Bertz CT molecular complexity index is 1250. The number of amides is 2. The zero-order chi connectivity index (χ0) is 25.5. The number of nitrogens with zero attached hydrogens (tertiary/aromatic N) is 1. The predicted octanol–water partition coefficient (Wildman–Crippen LogP) is 3.45. The highest BCUT2D eigenvalue weighted by atomic mass is 19.4. The summed E-state index contributed by atoms with van der Waals surface area (Å²) in [5.41, 5.74) is 11.1. The molecule has 0 unspecified atom stereocenters. The van der Waals surface area contributed by atoms with Crippen molar-refractivity contribution >= 4 is 40.5 Å². The number of rotatable bonds is 4. The molecule has 10 nitrogen and oxygen atoms in total. The fourth-order valence-electron chi connectivity index (χ4n) is 2.40. The molecule has 0 aliphatic rings. The Morgan fingerprint density at radius 2 is 1.59 bits per heavy atom. The Morgan fingerprint density at radius 1 is 0.971 bits per heavy atom. The summed E-state index contributed by atoms with van der Waals surface area (Å²) in [6, 6.07) is 12.5. The first-order valence-electron chi connectivity index (χ1n) is 9.08. The topological polar surface area (TPSA) is 184 Å². The summed E-state index contributed by atoms with van der Waals surface area (Å²) >= 11 is 0. The molecule has 176 valence electrons. The molecule has 0 saturated heterocycles. The number of carboxylic acids is 1. The lowest BCUT2D eigenvalue weighted by molar-refractivity contribution is -0.167. The third-order valence-corrected chi connectivity index (χ3v) is 3.94. The van der Waals surface area contributed by atoms with Crippen molar-refractivity contribution < 1.29 is 37.1 Å². The van der Waals surface area contributed by atoms with Crippen molar-refractivity contribution in [1.82, 2.24) is 0 Å². The Hall–Kier alpha value is -4.99. The van der Waals surface area contributed by atoms with E-state index in [4.69, 9.17) is 26.3 Å². The first-order chi connectivity index (χ1) is 15.9. The van der Waals surface area contributed by atoms with E-state index in [2.05, 4.69) is 5.32 Å². The lowest BCUT2D eigenvalue weighted by atomic mass is 10.1. The molecule has 13 heteroatoms. The molecule has 0 bridgehead atoms. The lowest BCUT2D eigenvalue weighted by Gasteiger charge is -2.09. The second-order valence-electron chi connectivity index (χ2n) is 6.41. The molecule has 34 heavy (non-hydrogen) atoms. The van der Waals surface area contributed by atoms with Gasteiger partial charge in [-0.15, -0.1) is 0 Å². The summed E-state index contributed by atoms with van der Waals surface area (Å²) in [4.78, 5) is 33.3. The van der Waals surface area contributed by atoms with Gasteiger partial charge in [-0.1, -0.05) is 0 Å². The normalized spacial score (nSPS) is 10.3. The molecule has 1 aromatic heterocycles. The quantitative estimate of drug-likeness (QED) is 0.355. The van der Waals surface area contributed by atoms with E-state index in [1.807, 2.05) is 0 Å². The number of nitriles is 1. The summed E-state index contributed by atoms with van der Waals surface area (Å²) in [6.45, 7) is 0. The van der Waals surface area contributed by atoms with E-state index in [0.29, 0.717) is 5.69 Å². The van der Waals surface area contributed by atoms with E-state index in [1.165, 1.54) is 42.7 Å². The van der Waals surface area contributed by atoms with Crippen molar-refractivity contribution in [2.24, 2.45) is 0 Å². The molecule has 0 atom stereocenters. The van der Waals surface area contributed by atoms with Crippen LogP contribution in [0.2, 0.25) is 0 Å². The average Bonchev–Trinajstić information content (AvgIpc) is 3.31. The third kappa shape index (κ3) is 6.76. The molecule has 0 aliphatic heterocycles. The van der Waals surface area contributed by atoms with Crippen LogP contribution in [-0.4, -0.2) is 29.1 Å². The Morgan fingerprint density at radius 3 is 2.12 bits per heavy atom. The molecule has 0 saturated carbocycles. The fraction of sp³-hybridized carbons (Fsp3) is 0.0476. The monoisotopic (exact) mass is 475 g/mol. The SMILES string of the molecule is N#Cc1cc(N)ccc1NC(=O)C(F)(F)F.Nc1ccc(NC(=O)c2ccco2)c(C(=O)O)c1. The van der Waals surface area contributed by atoms with Crippen molar-refractivity contribution in [3.63, 3.8) is 0 Å². The summed E-state index contributed by atoms with van der Waals surface area (Å²) in [6.07, 6.45) is -3.63. The number of anilines is 4. The van der Waals surface area contributed by atoms with Crippen LogP contribution in [0.25, 0.3) is 0 Å². The van der Waals surface area contributed by atoms with Crippen LogP contribution in [-0.2, 0) is 4.79 Å². The third-order valence-electron chi connectivity index (χ3n) is 3.94. The average molecular weight is 475 g/mol. The van der Waals surface area contributed by atoms with Gasteiger partial charge < -0.3 is 31.6 Å². The van der Waals surface area contributed by atoms with Crippen LogP contribution >= 0.6 is 0 Å². The lowest BCUT2D eigenvalue weighted by Crippen LogP contribution is -2.30. The number of furan rings is 1. The van der Waals surface area contributed by atoms with Crippen molar-refractivity contribution in [2.45, 2.75) is 6.18 Å². The number of hydrogen-bond acceptors (Lipinski definition) is 7. The molecule has 0 radical (unpaired) electrons. The van der Waals surface area contributed by atoms with Crippen LogP contribution in [0.15, 0.2) is 59.2 Å². The fourth-order valence-corrected chi connectivity index (χ4v) is 2.40. The number of halogens is 3. The number of carbonyl (C=O) groups excluding carboxylic acids is 2. The van der Waals surface area contributed by atoms with Gasteiger partial charge in [-0.3, -0.25) is 9.59 Å². The highest BCUT2D eigenvalue weighted by molar-refractivity contribution is 6.06. The van der Waals surface area contributed by atoms with E-state index in [1.54, 1.807) is 17.5 Å². The van der Waals surface area contributed by atoms with Crippen LogP contribution < -0.4 is 22.1 Å². The van der Waals surface area contributed by atoms with Gasteiger partial charge in [-0.25, -0.2) is 4.79 Å². The number of aromatic carboxylic acids is 1. The molecule has 3 aromatic rings. The number of nitrogens with two attached hydrogens (primary N) is 2.